The molecule has 1 aromatic heterocycles. The molecule has 0 bridgehead atoms. The normalized spacial score (nSPS) is 10.2. The number of methoxy groups -OCH3 is 1. The molecule has 1 aromatic carbocycles. The molecular weight excluding hydrogens is 274 g/mol. The van der Waals surface area contributed by atoms with Crippen molar-refractivity contribution < 1.29 is 14.4 Å². The zero-order chi connectivity index (χ0) is 15.4. The number of hydrogen-bond acceptors (Lipinski definition) is 6. The van der Waals surface area contributed by atoms with Crippen LogP contribution in [0.4, 0.5) is 5.69 Å². The van der Waals surface area contributed by atoms with Gasteiger partial charge in [0.2, 0.25) is 5.75 Å². The number of nitro benzene ring substituents is 1. The van der Waals surface area contributed by atoms with Crippen LogP contribution < -0.4 is 9.47 Å². The SMILES string of the molecule is CCc1cc(C)nc(Oc2ccc([N+](=O)[O-])c(OC)c2)n1. The molecule has 7 heteroatoms. The lowest BCUT2D eigenvalue weighted by Gasteiger charge is -2.08. The smallest absolute Gasteiger partial charge is 0.322 e. The summed E-state index contributed by atoms with van der Waals surface area (Å²) in [6, 6.07) is 6.34. The maximum Gasteiger partial charge on any atom is 0.322 e. The van der Waals surface area contributed by atoms with E-state index in [2.05, 4.69) is 9.97 Å². The highest BCUT2D eigenvalue weighted by Crippen LogP contribution is 2.32. The number of aryl methyl sites for hydroxylation is 2. The van der Waals surface area contributed by atoms with E-state index in [9.17, 15) is 10.1 Å². The summed E-state index contributed by atoms with van der Waals surface area (Å²) >= 11 is 0. The molecule has 2 rings (SSSR count). The lowest BCUT2D eigenvalue weighted by molar-refractivity contribution is -0.385. The van der Waals surface area contributed by atoms with Crippen molar-refractivity contribution in [3.05, 3.63) is 45.8 Å². The van der Waals surface area contributed by atoms with E-state index in [4.69, 9.17) is 9.47 Å². The van der Waals surface area contributed by atoms with Crippen LogP contribution in [0.25, 0.3) is 0 Å². The van der Waals surface area contributed by atoms with E-state index >= 15 is 0 Å². The van der Waals surface area contributed by atoms with Crippen LogP contribution in [0.5, 0.6) is 17.5 Å². The summed E-state index contributed by atoms with van der Waals surface area (Å²) < 4.78 is 10.5. The maximum absolute atomic E-state index is 10.8. The van der Waals surface area contributed by atoms with Crippen molar-refractivity contribution in [2.75, 3.05) is 7.11 Å². The van der Waals surface area contributed by atoms with Crippen molar-refractivity contribution >= 4 is 5.69 Å². The van der Waals surface area contributed by atoms with Crippen LogP contribution in [-0.4, -0.2) is 22.0 Å². The Morgan fingerprint density at radius 3 is 2.67 bits per heavy atom. The standard InChI is InChI=1S/C14H15N3O4/c1-4-10-7-9(2)15-14(16-10)21-11-5-6-12(17(18)19)13(8-11)20-3/h5-8H,4H2,1-3H3. The number of hydrogen-bond donors (Lipinski definition) is 0. The highest BCUT2D eigenvalue weighted by molar-refractivity contribution is 5.50. The summed E-state index contributed by atoms with van der Waals surface area (Å²) in [6.45, 7) is 3.84. The second-order valence-electron chi connectivity index (χ2n) is 4.33. The fourth-order valence-electron chi connectivity index (χ4n) is 1.81. The van der Waals surface area contributed by atoms with Crippen LogP contribution in [-0.2, 0) is 6.42 Å². The first kappa shape index (κ1) is 14.7. The molecule has 21 heavy (non-hydrogen) atoms. The van der Waals surface area contributed by atoms with E-state index in [1.54, 1.807) is 0 Å². The van der Waals surface area contributed by atoms with Gasteiger partial charge < -0.3 is 9.47 Å². The molecule has 110 valence electrons. The van der Waals surface area contributed by atoms with Crippen molar-refractivity contribution in [3.8, 4) is 17.5 Å². The Morgan fingerprint density at radius 1 is 1.29 bits per heavy atom. The molecule has 7 nitrogen and oxygen atoms in total. The van der Waals surface area contributed by atoms with Crippen LogP contribution in [0.15, 0.2) is 24.3 Å². The van der Waals surface area contributed by atoms with E-state index in [0.717, 1.165) is 17.8 Å². The van der Waals surface area contributed by atoms with Gasteiger partial charge in [-0.3, -0.25) is 10.1 Å². The van der Waals surface area contributed by atoms with E-state index in [-0.39, 0.29) is 17.4 Å². The minimum atomic E-state index is -0.513. The molecule has 2 aromatic rings. The minimum absolute atomic E-state index is 0.121. The number of aromatic nitrogens is 2. The van der Waals surface area contributed by atoms with E-state index < -0.39 is 4.92 Å². The largest absolute Gasteiger partial charge is 0.490 e. The number of benzene rings is 1. The molecule has 0 saturated heterocycles. The zero-order valence-electron chi connectivity index (χ0n) is 12.0. The topological polar surface area (TPSA) is 87.4 Å². The third kappa shape index (κ3) is 3.44. The maximum atomic E-state index is 10.8. The van der Waals surface area contributed by atoms with E-state index in [1.807, 2.05) is 19.9 Å². The van der Waals surface area contributed by atoms with E-state index in [1.165, 1.54) is 25.3 Å². The second-order valence-corrected chi connectivity index (χ2v) is 4.33. The van der Waals surface area contributed by atoms with E-state index in [0.29, 0.717) is 5.75 Å². The van der Waals surface area contributed by atoms with Crippen molar-refractivity contribution in [3.63, 3.8) is 0 Å². The number of rotatable bonds is 5. The summed E-state index contributed by atoms with van der Waals surface area (Å²) in [5, 5.41) is 10.8. The number of ether oxygens (including phenoxy) is 2. The van der Waals surface area contributed by atoms with Crippen molar-refractivity contribution in [2.24, 2.45) is 0 Å². The highest BCUT2D eigenvalue weighted by atomic mass is 16.6. The average Bonchev–Trinajstić information content (AvgIpc) is 2.46. The molecular formula is C14H15N3O4. The van der Waals surface area contributed by atoms with Gasteiger partial charge in [-0.15, -0.1) is 0 Å². The molecule has 0 aliphatic rings. The third-order valence-electron chi connectivity index (χ3n) is 2.81. The van der Waals surface area contributed by atoms with Crippen molar-refractivity contribution in [1.29, 1.82) is 0 Å². The van der Waals surface area contributed by atoms with Gasteiger partial charge in [-0.25, -0.2) is 4.98 Å². The van der Waals surface area contributed by atoms with Gasteiger partial charge in [-0.05, 0) is 25.5 Å². The number of nitrogens with zero attached hydrogens (tertiary/aromatic N) is 3. The lowest BCUT2D eigenvalue weighted by atomic mass is 10.3. The quantitative estimate of drug-likeness (QED) is 0.621. The minimum Gasteiger partial charge on any atom is -0.490 e. The molecule has 0 N–H and O–H groups in total. The summed E-state index contributed by atoms with van der Waals surface area (Å²) in [7, 11) is 1.37. The Balaban J connectivity index is 2.31. The fourth-order valence-corrected chi connectivity index (χ4v) is 1.81. The molecule has 0 aliphatic heterocycles. The molecule has 0 atom stereocenters. The first-order valence-corrected chi connectivity index (χ1v) is 6.38. The zero-order valence-corrected chi connectivity index (χ0v) is 12.0. The van der Waals surface area contributed by atoms with Gasteiger partial charge >= 0.3 is 11.7 Å². The summed E-state index contributed by atoms with van der Waals surface area (Å²) in [5.74, 6) is 0.506. The van der Waals surface area contributed by atoms with Gasteiger partial charge in [0.15, 0.2) is 0 Å². The molecule has 0 aliphatic carbocycles. The Hall–Kier alpha value is -2.70. The van der Waals surface area contributed by atoms with Crippen LogP contribution >= 0.6 is 0 Å². The average molecular weight is 289 g/mol. The Bertz CT molecular complexity index is 673. The molecule has 0 unspecified atom stereocenters. The Morgan fingerprint density at radius 2 is 2.05 bits per heavy atom. The fraction of sp³-hybridized carbons (Fsp3) is 0.286. The third-order valence-corrected chi connectivity index (χ3v) is 2.81. The molecule has 1 heterocycles. The van der Waals surface area contributed by atoms with Crippen LogP contribution in [0.1, 0.15) is 18.3 Å². The Kier molecular flexibility index (Phi) is 4.32. The first-order chi connectivity index (χ1) is 10.0. The Labute approximate surface area is 121 Å². The summed E-state index contributed by atoms with van der Waals surface area (Å²) in [5.41, 5.74) is 1.54. The molecule has 0 spiro atoms. The summed E-state index contributed by atoms with van der Waals surface area (Å²) in [4.78, 5) is 18.8. The van der Waals surface area contributed by atoms with Crippen LogP contribution in [0.2, 0.25) is 0 Å². The summed E-state index contributed by atoms with van der Waals surface area (Å²) in [6.07, 6.45) is 0.767. The van der Waals surface area contributed by atoms with Crippen LogP contribution in [0, 0.1) is 17.0 Å². The van der Waals surface area contributed by atoms with Gasteiger partial charge in [0.25, 0.3) is 0 Å². The van der Waals surface area contributed by atoms with Gasteiger partial charge in [0.05, 0.1) is 12.0 Å². The predicted molar refractivity (Wildman–Crippen MR) is 75.9 cm³/mol. The van der Waals surface area contributed by atoms with Gasteiger partial charge in [-0.2, -0.15) is 4.98 Å². The van der Waals surface area contributed by atoms with Crippen LogP contribution in [0.3, 0.4) is 0 Å². The number of nitro groups is 1. The van der Waals surface area contributed by atoms with Gasteiger partial charge in [0.1, 0.15) is 5.75 Å². The lowest BCUT2D eigenvalue weighted by Crippen LogP contribution is -1.99. The van der Waals surface area contributed by atoms with Gasteiger partial charge in [0, 0.05) is 23.5 Å². The second kappa shape index (κ2) is 6.17. The molecule has 0 radical (unpaired) electrons. The molecule has 0 saturated carbocycles. The predicted octanol–water partition coefficient (Wildman–Crippen LogP) is 3.06. The van der Waals surface area contributed by atoms with Crippen molar-refractivity contribution in [1.82, 2.24) is 9.97 Å². The monoisotopic (exact) mass is 289 g/mol. The van der Waals surface area contributed by atoms with Gasteiger partial charge in [-0.1, -0.05) is 6.92 Å². The first-order valence-electron chi connectivity index (χ1n) is 6.38. The highest BCUT2D eigenvalue weighted by Gasteiger charge is 2.16. The molecule has 0 amide bonds. The molecule has 0 fully saturated rings. The van der Waals surface area contributed by atoms with Crippen molar-refractivity contribution in [2.45, 2.75) is 20.3 Å².